The number of hydrogen-bond acceptors (Lipinski definition) is 3. The molecule has 1 aromatic carbocycles. The number of halogens is 1. The molecule has 0 bridgehead atoms. The highest BCUT2D eigenvalue weighted by molar-refractivity contribution is 9.11. The number of primary amides is 1. The molecule has 0 radical (unpaired) electrons. The summed E-state index contributed by atoms with van der Waals surface area (Å²) >= 11 is 5.07. The van der Waals surface area contributed by atoms with E-state index in [4.69, 9.17) is 5.73 Å². The Hall–Kier alpha value is -1.33. The molecule has 2 rings (SSSR count). The summed E-state index contributed by atoms with van der Waals surface area (Å²) in [7, 11) is 0. The van der Waals surface area contributed by atoms with Crippen molar-refractivity contribution in [2.75, 3.05) is 5.32 Å². The van der Waals surface area contributed by atoms with E-state index in [1.54, 1.807) is 23.5 Å². The number of nitrogens with one attached hydrogen (secondary N) is 1. The first kappa shape index (κ1) is 12.1. The minimum atomic E-state index is -0.416. The van der Waals surface area contributed by atoms with Crippen LogP contribution in [0, 0.1) is 0 Å². The first-order chi connectivity index (χ1) is 8.16. The summed E-state index contributed by atoms with van der Waals surface area (Å²) in [6, 6.07) is 11.3. The molecule has 1 amide bonds. The summed E-state index contributed by atoms with van der Waals surface area (Å²) in [6.45, 7) is 0.681. The molecule has 0 fully saturated rings. The minimum absolute atomic E-state index is 0.416. The first-order valence-corrected chi connectivity index (χ1v) is 6.64. The summed E-state index contributed by atoms with van der Waals surface area (Å²) < 4.78 is 1.09. The third-order valence-electron chi connectivity index (χ3n) is 2.27. The Balaban J connectivity index is 2.11. The van der Waals surface area contributed by atoms with E-state index in [-0.39, 0.29) is 0 Å². The Kier molecular flexibility index (Phi) is 3.81. The number of anilines is 1. The van der Waals surface area contributed by atoms with Gasteiger partial charge in [-0.15, -0.1) is 11.3 Å². The first-order valence-electron chi connectivity index (χ1n) is 5.04. The van der Waals surface area contributed by atoms with Gasteiger partial charge in [-0.25, -0.2) is 0 Å². The van der Waals surface area contributed by atoms with Crippen LogP contribution < -0.4 is 11.1 Å². The van der Waals surface area contributed by atoms with Crippen molar-refractivity contribution in [1.29, 1.82) is 0 Å². The molecule has 1 heterocycles. The van der Waals surface area contributed by atoms with Crippen molar-refractivity contribution >= 4 is 38.9 Å². The summed E-state index contributed by atoms with van der Waals surface area (Å²) in [5.74, 6) is -0.416. The van der Waals surface area contributed by atoms with Crippen LogP contribution in [0.2, 0.25) is 0 Å². The van der Waals surface area contributed by atoms with Crippen molar-refractivity contribution in [2.24, 2.45) is 5.73 Å². The Labute approximate surface area is 112 Å². The van der Waals surface area contributed by atoms with Crippen molar-refractivity contribution in [1.82, 2.24) is 0 Å². The van der Waals surface area contributed by atoms with Crippen LogP contribution in [0.5, 0.6) is 0 Å². The van der Waals surface area contributed by atoms with Gasteiger partial charge in [0.05, 0.1) is 9.35 Å². The van der Waals surface area contributed by atoms with Crippen LogP contribution in [-0.4, -0.2) is 5.91 Å². The summed E-state index contributed by atoms with van der Waals surface area (Å²) in [5, 5.41) is 3.21. The van der Waals surface area contributed by atoms with E-state index in [1.165, 1.54) is 4.88 Å². The second kappa shape index (κ2) is 5.33. The average Bonchev–Trinajstić information content (AvgIpc) is 2.73. The second-order valence-electron chi connectivity index (χ2n) is 3.47. The maximum absolute atomic E-state index is 11.2. The lowest BCUT2D eigenvalue weighted by Gasteiger charge is -2.08. The van der Waals surface area contributed by atoms with E-state index in [1.807, 2.05) is 24.3 Å². The zero-order valence-corrected chi connectivity index (χ0v) is 11.3. The number of hydrogen-bond donors (Lipinski definition) is 2. The van der Waals surface area contributed by atoms with Gasteiger partial charge >= 0.3 is 0 Å². The SMILES string of the molecule is NC(=O)c1ccccc1NCc1ccc(Br)s1. The van der Waals surface area contributed by atoms with Gasteiger partial charge in [-0.05, 0) is 40.2 Å². The number of nitrogens with two attached hydrogens (primary N) is 1. The standard InChI is InChI=1S/C12H11BrN2OS/c13-11-6-5-8(17-11)7-15-10-4-2-1-3-9(10)12(14)16/h1-6,15H,7H2,(H2,14,16). The minimum Gasteiger partial charge on any atom is -0.380 e. The van der Waals surface area contributed by atoms with Crippen molar-refractivity contribution in [3.05, 3.63) is 50.6 Å². The largest absolute Gasteiger partial charge is 0.380 e. The van der Waals surface area contributed by atoms with Crippen molar-refractivity contribution in [2.45, 2.75) is 6.54 Å². The van der Waals surface area contributed by atoms with Gasteiger partial charge in [0.2, 0.25) is 0 Å². The van der Waals surface area contributed by atoms with Gasteiger partial charge in [-0.1, -0.05) is 12.1 Å². The number of carbonyl (C=O) groups is 1. The molecular weight excluding hydrogens is 300 g/mol. The highest BCUT2D eigenvalue weighted by Gasteiger charge is 2.06. The molecule has 0 aliphatic carbocycles. The lowest BCUT2D eigenvalue weighted by molar-refractivity contribution is 0.100. The van der Waals surface area contributed by atoms with Crippen LogP contribution in [-0.2, 0) is 6.54 Å². The van der Waals surface area contributed by atoms with E-state index < -0.39 is 5.91 Å². The summed E-state index contributed by atoms with van der Waals surface area (Å²) in [6.07, 6.45) is 0. The van der Waals surface area contributed by atoms with Crippen LogP contribution >= 0.6 is 27.3 Å². The number of para-hydroxylation sites is 1. The molecule has 5 heteroatoms. The van der Waals surface area contributed by atoms with Gasteiger partial charge < -0.3 is 11.1 Å². The fourth-order valence-corrected chi connectivity index (χ4v) is 2.90. The van der Waals surface area contributed by atoms with Crippen molar-refractivity contribution in [3.63, 3.8) is 0 Å². The molecule has 0 atom stereocenters. The smallest absolute Gasteiger partial charge is 0.250 e. The lowest BCUT2D eigenvalue weighted by atomic mass is 10.1. The van der Waals surface area contributed by atoms with E-state index >= 15 is 0 Å². The number of carbonyl (C=O) groups excluding carboxylic acids is 1. The molecule has 3 N–H and O–H groups in total. The molecule has 3 nitrogen and oxygen atoms in total. The maximum Gasteiger partial charge on any atom is 0.250 e. The van der Waals surface area contributed by atoms with Gasteiger partial charge in [0.25, 0.3) is 5.91 Å². The van der Waals surface area contributed by atoms with Gasteiger partial charge in [-0.3, -0.25) is 4.79 Å². The van der Waals surface area contributed by atoms with Crippen LogP contribution in [0.25, 0.3) is 0 Å². The molecule has 88 valence electrons. The van der Waals surface area contributed by atoms with E-state index in [0.717, 1.165) is 9.47 Å². The number of rotatable bonds is 4. The fourth-order valence-electron chi connectivity index (χ4n) is 1.48. The third-order valence-corrected chi connectivity index (χ3v) is 3.90. The van der Waals surface area contributed by atoms with Crippen LogP contribution in [0.4, 0.5) is 5.69 Å². The van der Waals surface area contributed by atoms with Crippen molar-refractivity contribution in [3.8, 4) is 0 Å². The molecule has 0 saturated heterocycles. The average molecular weight is 311 g/mol. The molecule has 0 spiro atoms. The van der Waals surface area contributed by atoms with Crippen LogP contribution in [0.1, 0.15) is 15.2 Å². The zero-order chi connectivity index (χ0) is 12.3. The molecule has 0 aliphatic rings. The topological polar surface area (TPSA) is 55.1 Å². The Bertz CT molecular complexity index is 539. The predicted molar refractivity (Wildman–Crippen MR) is 74.3 cm³/mol. The van der Waals surface area contributed by atoms with Crippen molar-refractivity contribution < 1.29 is 4.79 Å². The van der Waals surface area contributed by atoms with Gasteiger partial charge in [0.15, 0.2) is 0 Å². The summed E-state index contributed by atoms with van der Waals surface area (Å²) in [5.41, 5.74) is 6.59. The normalized spacial score (nSPS) is 10.2. The maximum atomic E-state index is 11.2. The molecule has 0 unspecified atom stereocenters. The monoisotopic (exact) mass is 310 g/mol. The van der Waals surface area contributed by atoms with Gasteiger partial charge in [0.1, 0.15) is 0 Å². The number of thiophene rings is 1. The number of benzene rings is 1. The van der Waals surface area contributed by atoms with Crippen LogP contribution in [0.15, 0.2) is 40.2 Å². The molecule has 1 aromatic heterocycles. The third kappa shape index (κ3) is 3.08. The molecule has 0 aliphatic heterocycles. The number of amides is 1. The predicted octanol–water partition coefficient (Wildman–Crippen LogP) is 3.22. The van der Waals surface area contributed by atoms with Gasteiger partial charge in [-0.2, -0.15) is 0 Å². The van der Waals surface area contributed by atoms with E-state index in [9.17, 15) is 4.79 Å². The Morgan fingerprint density at radius 2 is 2.06 bits per heavy atom. The molecule has 2 aromatic rings. The quantitative estimate of drug-likeness (QED) is 0.911. The zero-order valence-electron chi connectivity index (χ0n) is 8.94. The highest BCUT2D eigenvalue weighted by atomic mass is 79.9. The highest BCUT2D eigenvalue weighted by Crippen LogP contribution is 2.23. The van der Waals surface area contributed by atoms with Crippen LogP contribution in [0.3, 0.4) is 0 Å². The Morgan fingerprint density at radius 3 is 2.71 bits per heavy atom. The van der Waals surface area contributed by atoms with E-state index in [2.05, 4.69) is 21.2 Å². The Morgan fingerprint density at radius 1 is 1.29 bits per heavy atom. The lowest BCUT2D eigenvalue weighted by Crippen LogP contribution is -2.14. The van der Waals surface area contributed by atoms with Gasteiger partial charge in [0, 0.05) is 17.1 Å². The molecular formula is C12H11BrN2OS. The van der Waals surface area contributed by atoms with E-state index in [0.29, 0.717) is 12.1 Å². The molecule has 17 heavy (non-hydrogen) atoms. The second-order valence-corrected chi connectivity index (χ2v) is 6.02. The molecule has 0 saturated carbocycles. The fraction of sp³-hybridized carbons (Fsp3) is 0.0833. The summed E-state index contributed by atoms with van der Waals surface area (Å²) in [4.78, 5) is 12.4.